The number of nitrogens with zero attached hydrogens (tertiary/aromatic N) is 3. The van der Waals surface area contributed by atoms with Crippen molar-refractivity contribution in [3.8, 4) is 0 Å². The summed E-state index contributed by atoms with van der Waals surface area (Å²) in [6, 6.07) is 6.42. The number of carbonyl (C=O) groups is 2. The van der Waals surface area contributed by atoms with Gasteiger partial charge in [0.25, 0.3) is 0 Å². The molecule has 30 heavy (non-hydrogen) atoms. The van der Waals surface area contributed by atoms with Gasteiger partial charge in [-0.3, -0.25) is 9.78 Å². The highest BCUT2D eigenvalue weighted by Gasteiger charge is 2.38. The Kier molecular flexibility index (Phi) is 5.86. The van der Waals surface area contributed by atoms with Crippen molar-refractivity contribution in [3.63, 3.8) is 0 Å². The van der Waals surface area contributed by atoms with Crippen LogP contribution in [0.25, 0.3) is 10.9 Å². The zero-order chi connectivity index (χ0) is 21.3. The molecule has 0 radical (unpaired) electrons. The van der Waals surface area contributed by atoms with E-state index >= 15 is 0 Å². The Morgan fingerprint density at radius 1 is 1.30 bits per heavy atom. The maximum atomic E-state index is 13.6. The summed E-state index contributed by atoms with van der Waals surface area (Å²) < 4.78 is 19.0. The van der Waals surface area contributed by atoms with Gasteiger partial charge in [-0.25, -0.2) is 9.18 Å². The first-order chi connectivity index (χ1) is 14.3. The quantitative estimate of drug-likeness (QED) is 0.687. The van der Waals surface area contributed by atoms with E-state index in [1.807, 2.05) is 15.9 Å². The summed E-state index contributed by atoms with van der Waals surface area (Å²) in [5.74, 6) is 0.0329. The SMILES string of the molecule is CC1(C)COC(=O)N(C2CCN(C(=O)CSc3ccnc4ccc(F)cc34)CC2)C1. The van der Waals surface area contributed by atoms with Gasteiger partial charge in [-0.2, -0.15) is 0 Å². The number of hydrogen-bond donors (Lipinski definition) is 0. The number of hydrogen-bond acceptors (Lipinski definition) is 5. The third-order valence-electron chi connectivity index (χ3n) is 5.69. The molecule has 4 rings (SSSR count). The molecular weight excluding hydrogens is 405 g/mol. The Balaban J connectivity index is 1.33. The Hall–Kier alpha value is -2.35. The van der Waals surface area contributed by atoms with Crippen molar-refractivity contribution in [2.24, 2.45) is 5.41 Å². The number of aromatic nitrogens is 1. The average Bonchev–Trinajstić information content (AvgIpc) is 2.74. The van der Waals surface area contributed by atoms with Gasteiger partial charge in [0, 0.05) is 47.6 Å². The van der Waals surface area contributed by atoms with Crippen molar-refractivity contribution in [1.29, 1.82) is 0 Å². The predicted octanol–water partition coefficient (Wildman–Crippen LogP) is 3.94. The van der Waals surface area contributed by atoms with E-state index in [2.05, 4.69) is 18.8 Å². The molecule has 0 spiro atoms. The third-order valence-corrected chi connectivity index (χ3v) is 6.75. The first kappa shape index (κ1) is 20.9. The second-order valence-electron chi connectivity index (χ2n) is 8.72. The summed E-state index contributed by atoms with van der Waals surface area (Å²) in [5, 5.41) is 0.722. The van der Waals surface area contributed by atoms with Gasteiger partial charge in [-0.1, -0.05) is 13.8 Å². The number of pyridine rings is 1. The number of amides is 2. The molecule has 160 valence electrons. The minimum atomic E-state index is -0.315. The third kappa shape index (κ3) is 4.53. The fourth-order valence-corrected chi connectivity index (χ4v) is 5.00. The Bertz CT molecular complexity index is 960. The summed E-state index contributed by atoms with van der Waals surface area (Å²) >= 11 is 1.41. The molecule has 8 heteroatoms. The van der Waals surface area contributed by atoms with Crippen LogP contribution >= 0.6 is 11.8 Å². The number of piperidine rings is 1. The maximum absolute atomic E-state index is 13.6. The minimum absolute atomic E-state index is 0.0513. The molecule has 0 bridgehead atoms. The van der Waals surface area contributed by atoms with Crippen LogP contribution in [0.5, 0.6) is 0 Å². The molecular formula is C22H26FN3O3S. The van der Waals surface area contributed by atoms with Crippen LogP contribution in [-0.4, -0.2) is 64.8 Å². The van der Waals surface area contributed by atoms with Gasteiger partial charge in [0.2, 0.25) is 5.91 Å². The van der Waals surface area contributed by atoms with Gasteiger partial charge in [0.1, 0.15) is 5.82 Å². The highest BCUT2D eigenvalue weighted by atomic mass is 32.2. The molecule has 6 nitrogen and oxygen atoms in total. The minimum Gasteiger partial charge on any atom is -0.449 e. The molecule has 0 atom stereocenters. The van der Waals surface area contributed by atoms with Crippen LogP contribution < -0.4 is 0 Å². The number of likely N-dealkylation sites (tertiary alicyclic amines) is 1. The number of ether oxygens (including phenoxy) is 1. The van der Waals surface area contributed by atoms with E-state index in [0.717, 1.165) is 23.1 Å². The highest BCUT2D eigenvalue weighted by molar-refractivity contribution is 8.00. The molecule has 2 amide bonds. The van der Waals surface area contributed by atoms with Crippen LogP contribution in [0, 0.1) is 11.2 Å². The number of thioether (sulfide) groups is 1. The molecule has 3 heterocycles. The van der Waals surface area contributed by atoms with E-state index in [0.29, 0.717) is 37.5 Å². The fraction of sp³-hybridized carbons (Fsp3) is 0.500. The van der Waals surface area contributed by atoms with Gasteiger partial charge >= 0.3 is 6.09 Å². The fourth-order valence-electron chi connectivity index (χ4n) is 4.07. The lowest BCUT2D eigenvalue weighted by molar-refractivity contribution is -0.130. The van der Waals surface area contributed by atoms with Gasteiger partial charge in [0.15, 0.2) is 0 Å². The van der Waals surface area contributed by atoms with E-state index in [9.17, 15) is 14.0 Å². The topological polar surface area (TPSA) is 62.7 Å². The highest BCUT2D eigenvalue weighted by Crippen LogP contribution is 2.30. The van der Waals surface area contributed by atoms with Crippen molar-refractivity contribution in [2.75, 3.05) is 32.0 Å². The van der Waals surface area contributed by atoms with Crippen molar-refractivity contribution in [2.45, 2.75) is 37.6 Å². The average molecular weight is 432 g/mol. The number of carbonyl (C=O) groups excluding carboxylic acids is 2. The zero-order valence-electron chi connectivity index (χ0n) is 17.3. The summed E-state index contributed by atoms with van der Waals surface area (Å²) in [4.78, 5) is 33.7. The van der Waals surface area contributed by atoms with Crippen molar-refractivity contribution < 1.29 is 18.7 Å². The van der Waals surface area contributed by atoms with E-state index in [4.69, 9.17) is 4.74 Å². The van der Waals surface area contributed by atoms with Crippen molar-refractivity contribution in [3.05, 3.63) is 36.3 Å². The molecule has 0 unspecified atom stereocenters. The molecule has 1 aromatic carbocycles. The van der Waals surface area contributed by atoms with Crippen LogP contribution in [0.4, 0.5) is 9.18 Å². The number of fused-ring (bicyclic) bond motifs is 1. The predicted molar refractivity (Wildman–Crippen MR) is 114 cm³/mol. The molecule has 0 saturated carbocycles. The molecule has 0 N–H and O–H groups in total. The summed E-state index contributed by atoms with van der Waals surface area (Å²) in [6.45, 7) is 6.57. The Labute approximate surface area is 179 Å². The number of benzene rings is 1. The molecule has 2 aliphatic heterocycles. The Morgan fingerprint density at radius 2 is 2.07 bits per heavy atom. The second kappa shape index (κ2) is 8.41. The first-order valence-electron chi connectivity index (χ1n) is 10.2. The van der Waals surface area contributed by atoms with Gasteiger partial charge in [0.05, 0.1) is 17.9 Å². The molecule has 2 aliphatic rings. The number of rotatable bonds is 4. The van der Waals surface area contributed by atoms with Gasteiger partial charge < -0.3 is 14.5 Å². The van der Waals surface area contributed by atoms with Crippen molar-refractivity contribution >= 4 is 34.7 Å². The standard InChI is InChI=1S/C22H26FN3O3S/c1-22(2)13-26(21(28)29-14-22)16-6-9-25(10-7-16)20(27)12-30-19-5-8-24-18-4-3-15(23)11-17(18)19/h3-5,8,11,16H,6-7,9-10,12-14H2,1-2H3. The molecule has 1 aromatic heterocycles. The largest absolute Gasteiger partial charge is 0.449 e. The lowest BCUT2D eigenvalue weighted by Gasteiger charge is -2.44. The lowest BCUT2D eigenvalue weighted by atomic mass is 9.91. The maximum Gasteiger partial charge on any atom is 0.410 e. The number of cyclic esters (lactones) is 1. The summed E-state index contributed by atoms with van der Waals surface area (Å²) in [7, 11) is 0. The van der Waals surface area contributed by atoms with Crippen LogP contribution in [0.15, 0.2) is 35.4 Å². The summed E-state index contributed by atoms with van der Waals surface area (Å²) in [6.07, 6.45) is 2.94. The smallest absolute Gasteiger partial charge is 0.410 e. The molecule has 2 saturated heterocycles. The van der Waals surface area contributed by atoms with E-state index < -0.39 is 0 Å². The van der Waals surface area contributed by atoms with Crippen LogP contribution in [-0.2, 0) is 9.53 Å². The Morgan fingerprint density at radius 3 is 2.83 bits per heavy atom. The molecule has 2 fully saturated rings. The normalized spacial score (nSPS) is 19.8. The van der Waals surface area contributed by atoms with E-state index in [1.54, 1.807) is 12.3 Å². The van der Waals surface area contributed by atoms with E-state index in [-0.39, 0.29) is 29.3 Å². The van der Waals surface area contributed by atoms with Gasteiger partial charge in [-0.15, -0.1) is 11.8 Å². The van der Waals surface area contributed by atoms with Gasteiger partial charge in [-0.05, 0) is 37.1 Å². The van der Waals surface area contributed by atoms with Crippen LogP contribution in [0.3, 0.4) is 0 Å². The van der Waals surface area contributed by atoms with Crippen molar-refractivity contribution in [1.82, 2.24) is 14.8 Å². The molecule has 0 aliphatic carbocycles. The van der Waals surface area contributed by atoms with Crippen LogP contribution in [0.1, 0.15) is 26.7 Å². The van der Waals surface area contributed by atoms with E-state index in [1.165, 1.54) is 23.9 Å². The monoisotopic (exact) mass is 431 g/mol. The van der Waals surface area contributed by atoms with Crippen LogP contribution in [0.2, 0.25) is 0 Å². The first-order valence-corrected chi connectivity index (χ1v) is 11.2. The zero-order valence-corrected chi connectivity index (χ0v) is 18.1. The molecule has 2 aromatic rings. The summed E-state index contributed by atoms with van der Waals surface area (Å²) in [5.41, 5.74) is 0.663. The lowest BCUT2D eigenvalue weighted by Crippen LogP contribution is -2.55. The number of halogens is 1. The second-order valence-corrected chi connectivity index (χ2v) is 9.74.